The molecule has 1 amide bonds. The van der Waals surface area contributed by atoms with Gasteiger partial charge < -0.3 is 5.32 Å². The number of hydrogen-bond donors (Lipinski definition) is 1. The lowest BCUT2D eigenvalue weighted by Gasteiger charge is -2.05. The number of nitrogens with one attached hydrogen (secondary N) is 1. The molecule has 0 aliphatic rings. The van der Waals surface area contributed by atoms with E-state index >= 15 is 0 Å². The molecule has 0 saturated heterocycles. The molecule has 0 fully saturated rings. The average molecular weight is 252 g/mol. The van der Waals surface area contributed by atoms with Crippen molar-refractivity contribution in [2.24, 2.45) is 0 Å². The Balaban J connectivity index is 2.90. The van der Waals surface area contributed by atoms with Crippen LogP contribution in [-0.2, 0) is 0 Å². The number of rotatable bonds is 2. The smallest absolute Gasteiger partial charge is 0.252 e. The van der Waals surface area contributed by atoms with Crippen LogP contribution in [0.2, 0.25) is 0 Å². The lowest BCUT2D eigenvalue weighted by Crippen LogP contribution is -2.24. The molecule has 14 heavy (non-hydrogen) atoms. The molecule has 0 heterocycles. The van der Waals surface area contributed by atoms with E-state index in [1.165, 1.54) is 0 Å². The van der Waals surface area contributed by atoms with Crippen LogP contribution in [0, 0.1) is 19.3 Å². The molecule has 0 aliphatic carbocycles. The Bertz CT molecular complexity index is 393. The molecule has 3 heteroatoms. The Morgan fingerprint density at radius 2 is 2.36 bits per heavy atom. The molecule has 0 aromatic heterocycles. The second kappa shape index (κ2) is 4.83. The summed E-state index contributed by atoms with van der Waals surface area (Å²) >= 11 is 3.31. The van der Waals surface area contributed by atoms with E-state index in [0.717, 1.165) is 10.0 Å². The molecule has 0 radical (unpaired) electrons. The number of carbonyl (C=O) groups is 1. The predicted octanol–water partition coefficient (Wildman–Crippen LogP) is 2.12. The van der Waals surface area contributed by atoms with Gasteiger partial charge in [0.05, 0.1) is 6.54 Å². The maximum Gasteiger partial charge on any atom is 0.252 e. The summed E-state index contributed by atoms with van der Waals surface area (Å²) in [5.74, 6) is 2.22. The van der Waals surface area contributed by atoms with E-state index < -0.39 is 0 Å². The van der Waals surface area contributed by atoms with Gasteiger partial charge in [-0.1, -0.05) is 27.9 Å². The number of carbonyl (C=O) groups excluding carboxylic acids is 1. The van der Waals surface area contributed by atoms with Crippen molar-refractivity contribution in [3.63, 3.8) is 0 Å². The lowest BCUT2D eigenvalue weighted by atomic mass is 10.1. The largest absolute Gasteiger partial charge is 0.341 e. The summed E-state index contributed by atoms with van der Waals surface area (Å²) in [4.78, 5) is 11.5. The minimum atomic E-state index is -0.137. The molecule has 1 rings (SSSR count). The van der Waals surface area contributed by atoms with Crippen LogP contribution >= 0.6 is 15.9 Å². The molecule has 0 unspecified atom stereocenters. The molecule has 2 nitrogen and oxygen atoms in total. The quantitative estimate of drug-likeness (QED) is 0.802. The van der Waals surface area contributed by atoms with E-state index in [1.54, 1.807) is 6.07 Å². The van der Waals surface area contributed by atoms with Crippen LogP contribution in [0.4, 0.5) is 0 Å². The fraction of sp³-hybridized carbons (Fsp3) is 0.182. The third-order valence-electron chi connectivity index (χ3n) is 1.80. The molecule has 1 aromatic rings. The van der Waals surface area contributed by atoms with Crippen molar-refractivity contribution >= 4 is 21.8 Å². The number of halogens is 1. The minimum Gasteiger partial charge on any atom is -0.341 e. The molecule has 1 N–H and O–H groups in total. The summed E-state index contributed by atoms with van der Waals surface area (Å²) in [6.07, 6.45) is 5.05. The van der Waals surface area contributed by atoms with Gasteiger partial charge in [0.1, 0.15) is 0 Å². The van der Waals surface area contributed by atoms with Gasteiger partial charge in [-0.2, -0.15) is 0 Å². The zero-order chi connectivity index (χ0) is 10.6. The molecule has 72 valence electrons. The first kappa shape index (κ1) is 10.8. The Labute approximate surface area is 91.8 Å². The van der Waals surface area contributed by atoms with Crippen LogP contribution in [0.5, 0.6) is 0 Å². The van der Waals surface area contributed by atoms with Crippen LogP contribution in [0.3, 0.4) is 0 Å². The highest BCUT2D eigenvalue weighted by Crippen LogP contribution is 2.15. The van der Waals surface area contributed by atoms with Crippen LogP contribution < -0.4 is 5.32 Å². The van der Waals surface area contributed by atoms with Crippen LogP contribution in [0.25, 0.3) is 0 Å². The summed E-state index contributed by atoms with van der Waals surface area (Å²) < 4.78 is 0.883. The molecule has 1 aromatic carbocycles. The van der Waals surface area contributed by atoms with E-state index in [2.05, 4.69) is 27.2 Å². The number of hydrogen-bond acceptors (Lipinski definition) is 1. The van der Waals surface area contributed by atoms with Gasteiger partial charge in [-0.05, 0) is 24.6 Å². The monoisotopic (exact) mass is 251 g/mol. The van der Waals surface area contributed by atoms with Crippen LogP contribution in [-0.4, -0.2) is 12.5 Å². The van der Waals surface area contributed by atoms with Gasteiger partial charge in [0.15, 0.2) is 0 Å². The van der Waals surface area contributed by atoms with Crippen molar-refractivity contribution in [1.29, 1.82) is 0 Å². The average Bonchev–Trinajstić information content (AvgIpc) is 2.18. The molecule has 0 saturated carbocycles. The molecule has 0 bridgehead atoms. The van der Waals surface area contributed by atoms with Crippen LogP contribution in [0.15, 0.2) is 22.7 Å². The number of amides is 1. The van der Waals surface area contributed by atoms with Crippen molar-refractivity contribution in [3.05, 3.63) is 33.8 Å². The molecular weight excluding hydrogens is 242 g/mol. The lowest BCUT2D eigenvalue weighted by molar-refractivity contribution is 0.0958. The SMILES string of the molecule is C#CCNC(=O)c1cc(Br)ccc1C. The topological polar surface area (TPSA) is 29.1 Å². The molecular formula is C11H10BrNO. The fourth-order valence-electron chi connectivity index (χ4n) is 1.07. The van der Waals surface area contributed by atoms with Gasteiger partial charge in [-0.15, -0.1) is 6.42 Å². The Kier molecular flexibility index (Phi) is 3.73. The Morgan fingerprint density at radius 3 is 3.00 bits per heavy atom. The highest BCUT2D eigenvalue weighted by molar-refractivity contribution is 9.10. The predicted molar refractivity (Wildman–Crippen MR) is 60.0 cm³/mol. The number of benzene rings is 1. The molecule has 0 aliphatic heterocycles. The van der Waals surface area contributed by atoms with Crippen molar-refractivity contribution in [3.8, 4) is 12.3 Å². The van der Waals surface area contributed by atoms with E-state index in [1.807, 2.05) is 19.1 Å². The van der Waals surface area contributed by atoms with Crippen LogP contribution in [0.1, 0.15) is 15.9 Å². The molecule has 0 spiro atoms. The van der Waals surface area contributed by atoms with Gasteiger partial charge >= 0.3 is 0 Å². The third-order valence-corrected chi connectivity index (χ3v) is 2.29. The van der Waals surface area contributed by atoms with E-state index in [4.69, 9.17) is 6.42 Å². The first-order chi connectivity index (χ1) is 6.65. The highest BCUT2D eigenvalue weighted by Gasteiger charge is 2.07. The van der Waals surface area contributed by atoms with Gasteiger partial charge in [0, 0.05) is 10.0 Å². The van der Waals surface area contributed by atoms with E-state index in [-0.39, 0.29) is 12.5 Å². The van der Waals surface area contributed by atoms with Gasteiger partial charge in [0.25, 0.3) is 5.91 Å². The first-order valence-corrected chi connectivity index (χ1v) is 4.92. The summed E-state index contributed by atoms with van der Waals surface area (Å²) in [5.41, 5.74) is 1.58. The van der Waals surface area contributed by atoms with Crippen molar-refractivity contribution in [2.45, 2.75) is 6.92 Å². The number of terminal acetylenes is 1. The normalized spacial score (nSPS) is 9.21. The van der Waals surface area contributed by atoms with Gasteiger partial charge in [-0.3, -0.25) is 4.79 Å². The van der Waals surface area contributed by atoms with E-state index in [9.17, 15) is 4.79 Å². The zero-order valence-electron chi connectivity index (χ0n) is 7.80. The number of aryl methyl sites for hydroxylation is 1. The van der Waals surface area contributed by atoms with Gasteiger partial charge in [-0.25, -0.2) is 0 Å². The zero-order valence-corrected chi connectivity index (χ0v) is 9.39. The second-order valence-corrected chi connectivity index (χ2v) is 3.76. The highest BCUT2D eigenvalue weighted by atomic mass is 79.9. The Morgan fingerprint density at radius 1 is 1.64 bits per heavy atom. The van der Waals surface area contributed by atoms with Crippen molar-refractivity contribution < 1.29 is 4.79 Å². The summed E-state index contributed by atoms with van der Waals surface area (Å²) in [5, 5.41) is 2.62. The fourth-order valence-corrected chi connectivity index (χ4v) is 1.43. The third kappa shape index (κ3) is 2.61. The summed E-state index contributed by atoms with van der Waals surface area (Å²) in [6.45, 7) is 2.14. The second-order valence-electron chi connectivity index (χ2n) is 2.85. The summed E-state index contributed by atoms with van der Waals surface area (Å²) in [7, 11) is 0. The standard InChI is InChI=1S/C11H10BrNO/c1-3-6-13-11(14)10-7-9(12)5-4-8(10)2/h1,4-5,7H,6H2,2H3,(H,13,14). The first-order valence-electron chi connectivity index (χ1n) is 4.13. The maximum absolute atomic E-state index is 11.5. The Hall–Kier alpha value is -1.27. The molecule has 0 atom stereocenters. The summed E-state index contributed by atoms with van der Waals surface area (Å²) in [6, 6.07) is 5.56. The van der Waals surface area contributed by atoms with Crippen molar-refractivity contribution in [1.82, 2.24) is 5.32 Å². The van der Waals surface area contributed by atoms with Gasteiger partial charge in [0.2, 0.25) is 0 Å². The minimum absolute atomic E-state index is 0.137. The maximum atomic E-state index is 11.5. The van der Waals surface area contributed by atoms with Crippen molar-refractivity contribution in [2.75, 3.05) is 6.54 Å². The van der Waals surface area contributed by atoms with E-state index in [0.29, 0.717) is 5.56 Å².